The third kappa shape index (κ3) is 5.71. The second-order valence-electron chi connectivity index (χ2n) is 11.2. The number of rotatable bonds is 6. The van der Waals surface area contributed by atoms with E-state index in [0.717, 1.165) is 5.39 Å². The molecule has 0 radical (unpaired) electrons. The average Bonchev–Trinajstić information content (AvgIpc) is 3.37. The lowest BCUT2D eigenvalue weighted by molar-refractivity contribution is 0.262. The van der Waals surface area contributed by atoms with Gasteiger partial charge in [-0.2, -0.15) is 10.1 Å². The number of hydrogen-bond donors (Lipinski definition) is 3. The maximum atomic E-state index is 13.6. The zero-order chi connectivity index (χ0) is 30.2. The highest BCUT2D eigenvalue weighted by Gasteiger charge is 2.21. The Hall–Kier alpha value is -5.06. The summed E-state index contributed by atoms with van der Waals surface area (Å²) in [6.45, 7) is 9.84. The third-order valence-corrected chi connectivity index (χ3v) is 6.71. The van der Waals surface area contributed by atoms with Gasteiger partial charge in [-0.3, -0.25) is 14.0 Å². The highest BCUT2D eigenvalue weighted by molar-refractivity contribution is 6.02. The van der Waals surface area contributed by atoms with E-state index >= 15 is 0 Å². The molecule has 0 aliphatic rings. The quantitative estimate of drug-likeness (QED) is 0.216. The van der Waals surface area contributed by atoms with Crippen LogP contribution < -0.4 is 21.5 Å². The van der Waals surface area contributed by atoms with E-state index in [-0.39, 0.29) is 23.0 Å². The molecule has 3 aromatic heterocycles. The Morgan fingerprint density at radius 2 is 1.74 bits per heavy atom. The summed E-state index contributed by atoms with van der Waals surface area (Å²) in [5.74, 6) is 0.0693. The number of nitrogens with zero attached hydrogens (tertiary/aromatic N) is 5. The summed E-state index contributed by atoms with van der Waals surface area (Å²) in [7, 11) is 1.72. The third-order valence-electron chi connectivity index (χ3n) is 6.71. The Bertz CT molecular complexity index is 1840. The zero-order valence-corrected chi connectivity index (χ0v) is 24.4. The predicted molar refractivity (Wildman–Crippen MR) is 164 cm³/mol. The van der Waals surface area contributed by atoms with Crippen LogP contribution in [0.15, 0.2) is 71.8 Å². The molecule has 3 N–H and O–H groups in total. The zero-order valence-electron chi connectivity index (χ0n) is 24.4. The number of anilines is 3. The minimum absolute atomic E-state index is 0.143. The van der Waals surface area contributed by atoms with Crippen molar-refractivity contribution in [2.75, 3.05) is 23.0 Å². The van der Waals surface area contributed by atoms with E-state index in [0.29, 0.717) is 45.4 Å². The molecule has 42 heavy (non-hydrogen) atoms. The Balaban J connectivity index is 1.46. The number of nitrogens with one attached hydrogen (secondary N) is 3. The smallest absolute Gasteiger partial charge is 0.323 e. The molecule has 0 unspecified atom stereocenters. The highest BCUT2D eigenvalue weighted by atomic mass is 19.1. The Kier molecular flexibility index (Phi) is 7.51. The number of aromatic nitrogens is 5. The lowest BCUT2D eigenvalue weighted by Crippen LogP contribution is -2.25. The van der Waals surface area contributed by atoms with Gasteiger partial charge in [0.1, 0.15) is 17.2 Å². The minimum Gasteiger partial charge on any atom is -0.357 e. The van der Waals surface area contributed by atoms with Gasteiger partial charge in [-0.15, -0.1) is 0 Å². The predicted octanol–water partition coefficient (Wildman–Crippen LogP) is 6.48. The molecule has 0 atom stereocenters. The second-order valence-corrected chi connectivity index (χ2v) is 11.2. The van der Waals surface area contributed by atoms with E-state index in [1.54, 1.807) is 65.1 Å². The molecule has 0 aliphatic carbocycles. The number of hydrogen-bond acceptors (Lipinski definition) is 6. The lowest BCUT2D eigenvalue weighted by atomic mass is 10.0. The molecule has 0 saturated heterocycles. The molecule has 0 aliphatic heterocycles. The van der Waals surface area contributed by atoms with Crippen LogP contribution in [-0.2, 0) is 5.54 Å². The van der Waals surface area contributed by atoms with Crippen LogP contribution in [0.2, 0.25) is 0 Å². The van der Waals surface area contributed by atoms with E-state index in [1.807, 2.05) is 40.7 Å². The maximum absolute atomic E-state index is 13.6. The van der Waals surface area contributed by atoms with Crippen molar-refractivity contribution in [3.63, 3.8) is 0 Å². The molecule has 5 rings (SSSR count). The molecule has 3 heterocycles. The SMILES string of the molecule is CNc1ncc2cc(-c3cccc(NC(=O)Nc4cn(C(C)(C)C)nc4-c4ccc(F)cc4)c3)c(=O)n(C(C)C)c2n1. The van der Waals surface area contributed by atoms with Gasteiger partial charge in [0.25, 0.3) is 5.56 Å². The monoisotopic (exact) mass is 568 g/mol. The van der Waals surface area contributed by atoms with Crippen molar-refractivity contribution in [2.24, 2.45) is 0 Å². The summed E-state index contributed by atoms with van der Waals surface area (Å²) in [6, 6.07) is 14.2. The van der Waals surface area contributed by atoms with Gasteiger partial charge in [0.2, 0.25) is 5.95 Å². The Morgan fingerprint density at radius 3 is 2.40 bits per heavy atom. The van der Waals surface area contributed by atoms with Crippen molar-refractivity contribution in [1.29, 1.82) is 0 Å². The fourth-order valence-electron chi connectivity index (χ4n) is 4.61. The van der Waals surface area contributed by atoms with Crippen LogP contribution in [0.4, 0.5) is 26.5 Å². The van der Waals surface area contributed by atoms with Crippen molar-refractivity contribution < 1.29 is 9.18 Å². The van der Waals surface area contributed by atoms with Crippen LogP contribution in [-0.4, -0.2) is 37.4 Å². The first kappa shape index (κ1) is 28.5. The fourth-order valence-corrected chi connectivity index (χ4v) is 4.61. The molecular formula is C31H33FN8O2. The van der Waals surface area contributed by atoms with E-state index in [9.17, 15) is 14.0 Å². The summed E-state index contributed by atoms with van der Waals surface area (Å²) in [5.41, 5.74) is 3.25. The van der Waals surface area contributed by atoms with Crippen LogP contribution in [0.1, 0.15) is 40.7 Å². The van der Waals surface area contributed by atoms with Crippen molar-refractivity contribution in [3.05, 3.63) is 83.2 Å². The summed E-state index contributed by atoms with van der Waals surface area (Å²) in [5, 5.41) is 14.0. The van der Waals surface area contributed by atoms with Crippen LogP contribution in [0, 0.1) is 5.82 Å². The van der Waals surface area contributed by atoms with Gasteiger partial charge in [-0.25, -0.2) is 14.2 Å². The van der Waals surface area contributed by atoms with Gasteiger partial charge in [-0.05, 0) is 82.6 Å². The number of urea groups is 1. The van der Waals surface area contributed by atoms with Crippen LogP contribution in [0.3, 0.4) is 0 Å². The summed E-state index contributed by atoms with van der Waals surface area (Å²) in [4.78, 5) is 35.6. The number of fused-ring (bicyclic) bond motifs is 1. The number of pyridine rings is 1. The summed E-state index contributed by atoms with van der Waals surface area (Å²) >= 11 is 0. The number of benzene rings is 2. The topological polar surface area (TPSA) is 119 Å². The lowest BCUT2D eigenvalue weighted by Gasteiger charge is -2.18. The number of carbonyl (C=O) groups excluding carboxylic acids is 1. The molecule has 5 aromatic rings. The van der Waals surface area contributed by atoms with Crippen LogP contribution in [0.5, 0.6) is 0 Å². The van der Waals surface area contributed by atoms with E-state index < -0.39 is 6.03 Å². The molecule has 0 saturated carbocycles. The number of carbonyl (C=O) groups is 1. The molecule has 0 bridgehead atoms. The van der Waals surface area contributed by atoms with Gasteiger partial charge in [0.15, 0.2) is 0 Å². The summed E-state index contributed by atoms with van der Waals surface area (Å²) < 4.78 is 17.0. The maximum Gasteiger partial charge on any atom is 0.323 e. The first-order chi connectivity index (χ1) is 19.9. The minimum atomic E-state index is -0.491. The van der Waals surface area contributed by atoms with Gasteiger partial charge in [0, 0.05) is 47.7 Å². The molecular weight excluding hydrogens is 535 g/mol. The molecule has 2 amide bonds. The van der Waals surface area contributed by atoms with Crippen molar-refractivity contribution >= 4 is 34.4 Å². The van der Waals surface area contributed by atoms with Crippen molar-refractivity contribution in [2.45, 2.75) is 46.2 Å². The number of halogens is 1. The van der Waals surface area contributed by atoms with Crippen LogP contribution >= 0.6 is 0 Å². The van der Waals surface area contributed by atoms with E-state index in [2.05, 4.69) is 31.0 Å². The largest absolute Gasteiger partial charge is 0.357 e. The van der Waals surface area contributed by atoms with Crippen LogP contribution in [0.25, 0.3) is 33.4 Å². The Morgan fingerprint density at radius 1 is 1.00 bits per heavy atom. The van der Waals surface area contributed by atoms with Crippen molar-refractivity contribution in [3.8, 4) is 22.4 Å². The molecule has 0 spiro atoms. The molecule has 0 fully saturated rings. The second kappa shape index (κ2) is 11.1. The van der Waals surface area contributed by atoms with E-state index in [4.69, 9.17) is 0 Å². The van der Waals surface area contributed by atoms with Gasteiger partial charge in [0.05, 0.1) is 11.2 Å². The fraction of sp³-hybridized carbons (Fsp3) is 0.258. The first-order valence-corrected chi connectivity index (χ1v) is 13.6. The molecule has 10 nitrogen and oxygen atoms in total. The molecule has 2 aromatic carbocycles. The molecule has 216 valence electrons. The van der Waals surface area contributed by atoms with Gasteiger partial charge < -0.3 is 16.0 Å². The van der Waals surface area contributed by atoms with E-state index in [1.165, 1.54) is 12.1 Å². The van der Waals surface area contributed by atoms with Gasteiger partial charge >= 0.3 is 6.03 Å². The Labute approximate surface area is 242 Å². The summed E-state index contributed by atoms with van der Waals surface area (Å²) in [6.07, 6.45) is 3.43. The average molecular weight is 569 g/mol. The first-order valence-electron chi connectivity index (χ1n) is 13.6. The van der Waals surface area contributed by atoms with Crippen molar-refractivity contribution in [1.82, 2.24) is 24.3 Å². The standard InChI is InChI=1S/C31H33FN8O2/c1-18(2)40-27-21(16-34-29(33-6)37-27)15-24(28(40)41)20-8-7-9-23(14-20)35-30(42)36-25-17-39(31(3,4)5)38-26(25)19-10-12-22(32)13-11-19/h7-18H,1-6H3,(H,33,34,37)(H2,35,36,42). The molecule has 11 heteroatoms. The van der Waals surface area contributed by atoms with Gasteiger partial charge in [-0.1, -0.05) is 12.1 Å². The number of amides is 2. The highest BCUT2D eigenvalue weighted by Crippen LogP contribution is 2.30. The normalized spacial score (nSPS) is 11.6.